The maximum Gasteiger partial charge on any atom is 0.409 e. The van der Waals surface area contributed by atoms with E-state index in [2.05, 4.69) is 0 Å². The Balaban J connectivity index is 1.67. The van der Waals surface area contributed by atoms with E-state index >= 15 is 0 Å². The van der Waals surface area contributed by atoms with E-state index < -0.39 is 43.2 Å². The van der Waals surface area contributed by atoms with Crippen LogP contribution in [0.1, 0.15) is 36.8 Å². The summed E-state index contributed by atoms with van der Waals surface area (Å²) in [6.45, 7) is 0.751. The Bertz CT molecular complexity index is 1010. The average Bonchev–Trinajstić information content (AvgIpc) is 3.10. The number of alkyl carbamates (subject to hydrolysis) is 1. The molecule has 1 atom stereocenters. The van der Waals surface area contributed by atoms with Crippen LogP contribution in [-0.2, 0) is 14.3 Å². The molecule has 7 nitrogen and oxygen atoms in total. The van der Waals surface area contributed by atoms with Crippen molar-refractivity contribution in [3.63, 3.8) is 0 Å². The van der Waals surface area contributed by atoms with Gasteiger partial charge >= 0.3 is 18.2 Å². The van der Waals surface area contributed by atoms with Crippen molar-refractivity contribution in [2.75, 3.05) is 19.7 Å². The van der Waals surface area contributed by atoms with E-state index in [-0.39, 0.29) is 19.1 Å². The first-order chi connectivity index (χ1) is 16.1. The van der Waals surface area contributed by atoms with E-state index in [1.165, 1.54) is 0 Å². The lowest BCUT2D eigenvalue weighted by Gasteiger charge is -2.25. The third-order valence-electron chi connectivity index (χ3n) is 5.58. The van der Waals surface area contributed by atoms with E-state index in [0.29, 0.717) is 6.42 Å². The Labute approximate surface area is 194 Å². The molecule has 3 rings (SSSR count). The van der Waals surface area contributed by atoms with E-state index in [0.717, 1.165) is 27.2 Å². The summed E-state index contributed by atoms with van der Waals surface area (Å²) in [5.41, 5.74) is 3.76. The minimum absolute atomic E-state index is 0.0132. The van der Waals surface area contributed by atoms with Crippen molar-refractivity contribution >= 4 is 18.0 Å². The van der Waals surface area contributed by atoms with E-state index in [9.17, 15) is 27.6 Å². The summed E-state index contributed by atoms with van der Waals surface area (Å²) in [6.07, 6.45) is -6.99. The Morgan fingerprint density at radius 1 is 1.06 bits per heavy atom. The third kappa shape index (κ3) is 5.86. The van der Waals surface area contributed by atoms with Crippen molar-refractivity contribution in [2.45, 2.75) is 37.9 Å². The number of fused-ring (bicyclic) bond motifs is 3. The number of ether oxygens (including phenoxy) is 1. The molecule has 0 spiro atoms. The van der Waals surface area contributed by atoms with Crippen molar-refractivity contribution in [1.82, 2.24) is 10.2 Å². The van der Waals surface area contributed by atoms with Crippen molar-refractivity contribution in [1.29, 1.82) is 0 Å². The molecule has 182 valence electrons. The first kappa shape index (κ1) is 25.1. The van der Waals surface area contributed by atoms with Gasteiger partial charge in [0.05, 0.1) is 6.42 Å². The molecular formula is C24H25F3N2O5. The number of amides is 2. The number of nitrogens with zero attached hydrogens (tertiary/aromatic N) is 1. The number of carbonyl (C=O) groups excluding carboxylic acids is 2. The van der Waals surface area contributed by atoms with Gasteiger partial charge in [-0.25, -0.2) is 4.79 Å². The first-order valence-corrected chi connectivity index (χ1v) is 10.8. The highest BCUT2D eigenvalue weighted by Crippen LogP contribution is 2.44. The maximum atomic E-state index is 13.5. The molecule has 10 heteroatoms. The number of alkyl halides is 3. The highest BCUT2D eigenvalue weighted by molar-refractivity contribution is 5.82. The van der Waals surface area contributed by atoms with Crippen molar-refractivity contribution in [2.24, 2.45) is 0 Å². The van der Waals surface area contributed by atoms with Crippen LogP contribution >= 0.6 is 0 Å². The molecule has 0 heterocycles. The zero-order valence-electron chi connectivity index (χ0n) is 18.5. The number of rotatable bonds is 9. The zero-order chi connectivity index (χ0) is 24.9. The van der Waals surface area contributed by atoms with Crippen molar-refractivity contribution in [3.05, 3.63) is 59.7 Å². The summed E-state index contributed by atoms with van der Waals surface area (Å²) < 4.78 is 45.7. The SMILES string of the molecule is CCCN(CC(=O)O)C(=O)CC(NC(=O)OCC1c2ccccc2-c2ccccc21)C(F)(F)F. The summed E-state index contributed by atoms with van der Waals surface area (Å²) in [5, 5.41) is 10.6. The second-order valence-electron chi connectivity index (χ2n) is 7.98. The molecule has 2 N–H and O–H groups in total. The quantitative estimate of drug-likeness (QED) is 0.564. The molecule has 1 aliphatic rings. The van der Waals surface area contributed by atoms with Crippen LogP contribution in [0.4, 0.5) is 18.0 Å². The van der Waals surface area contributed by atoms with Gasteiger partial charge in [-0.3, -0.25) is 9.59 Å². The van der Waals surface area contributed by atoms with Gasteiger partial charge in [-0.1, -0.05) is 55.5 Å². The van der Waals surface area contributed by atoms with Gasteiger partial charge in [0.2, 0.25) is 5.91 Å². The van der Waals surface area contributed by atoms with Gasteiger partial charge in [0.25, 0.3) is 0 Å². The molecular weight excluding hydrogens is 453 g/mol. The highest BCUT2D eigenvalue weighted by Gasteiger charge is 2.43. The molecule has 2 aromatic rings. The molecule has 0 saturated carbocycles. The molecule has 0 saturated heterocycles. The third-order valence-corrected chi connectivity index (χ3v) is 5.58. The van der Waals surface area contributed by atoms with Crippen molar-refractivity contribution < 1.29 is 37.4 Å². The topological polar surface area (TPSA) is 95.9 Å². The number of halogens is 3. The number of hydrogen-bond donors (Lipinski definition) is 2. The fraction of sp³-hybridized carbons (Fsp3) is 0.375. The standard InChI is InChI=1S/C24H25F3N2O5/c1-2-11-29(13-22(31)32)21(30)12-20(24(25,26)27)28-23(33)34-14-19-17-9-5-3-7-15(17)16-8-4-6-10-18(16)19/h3-10,19-20H,2,11-14H2,1H3,(H,28,33)(H,31,32). The second-order valence-corrected chi connectivity index (χ2v) is 7.98. The molecule has 0 radical (unpaired) electrons. The van der Waals surface area contributed by atoms with Crippen LogP contribution in [-0.4, -0.2) is 59.9 Å². The minimum Gasteiger partial charge on any atom is -0.480 e. The van der Waals surface area contributed by atoms with Crippen LogP contribution in [0.5, 0.6) is 0 Å². The Kier molecular flexibility index (Phi) is 7.80. The molecule has 1 unspecified atom stereocenters. The molecule has 0 fully saturated rings. The van der Waals surface area contributed by atoms with Crippen LogP contribution < -0.4 is 5.32 Å². The normalized spacial score (nSPS) is 13.5. The molecule has 2 aromatic carbocycles. The average molecular weight is 478 g/mol. The van der Waals surface area contributed by atoms with Gasteiger partial charge < -0.3 is 20.1 Å². The van der Waals surface area contributed by atoms with Gasteiger partial charge in [0.1, 0.15) is 19.2 Å². The fourth-order valence-corrected chi connectivity index (χ4v) is 4.06. The Hall–Kier alpha value is -3.56. The van der Waals surface area contributed by atoms with Crippen LogP contribution in [0.25, 0.3) is 11.1 Å². The predicted octanol–water partition coefficient (Wildman–Crippen LogP) is 4.17. The zero-order valence-corrected chi connectivity index (χ0v) is 18.5. The minimum atomic E-state index is -4.93. The maximum absolute atomic E-state index is 13.5. The van der Waals surface area contributed by atoms with Gasteiger partial charge in [-0.05, 0) is 28.7 Å². The van der Waals surface area contributed by atoms with Crippen LogP contribution in [0.3, 0.4) is 0 Å². The molecule has 2 amide bonds. The molecule has 0 aromatic heterocycles. The highest BCUT2D eigenvalue weighted by atomic mass is 19.4. The van der Waals surface area contributed by atoms with Crippen LogP contribution in [0, 0.1) is 0 Å². The monoisotopic (exact) mass is 478 g/mol. The van der Waals surface area contributed by atoms with Crippen molar-refractivity contribution in [3.8, 4) is 11.1 Å². The summed E-state index contributed by atoms with van der Waals surface area (Å²) in [6, 6.07) is 12.5. The summed E-state index contributed by atoms with van der Waals surface area (Å²) in [4.78, 5) is 36.4. The number of carboxylic acids is 1. The predicted molar refractivity (Wildman–Crippen MR) is 117 cm³/mol. The summed E-state index contributed by atoms with van der Waals surface area (Å²) in [7, 11) is 0. The fourth-order valence-electron chi connectivity index (χ4n) is 4.06. The van der Waals surface area contributed by atoms with Gasteiger partial charge in [0.15, 0.2) is 0 Å². The van der Waals surface area contributed by atoms with Gasteiger partial charge in [-0.2, -0.15) is 13.2 Å². The number of carbonyl (C=O) groups is 3. The summed E-state index contributed by atoms with van der Waals surface area (Å²) in [5.74, 6) is -2.69. The van der Waals surface area contributed by atoms with Gasteiger partial charge in [-0.15, -0.1) is 0 Å². The van der Waals surface area contributed by atoms with Crippen LogP contribution in [0.15, 0.2) is 48.5 Å². The van der Waals surface area contributed by atoms with Gasteiger partial charge in [0, 0.05) is 12.5 Å². The van der Waals surface area contributed by atoms with E-state index in [4.69, 9.17) is 9.84 Å². The molecule has 34 heavy (non-hydrogen) atoms. The number of carboxylic acid groups (broad SMARTS) is 1. The van der Waals surface area contributed by atoms with E-state index in [1.807, 2.05) is 48.5 Å². The Morgan fingerprint density at radius 3 is 2.12 bits per heavy atom. The van der Waals surface area contributed by atoms with E-state index in [1.54, 1.807) is 12.2 Å². The lowest BCUT2D eigenvalue weighted by molar-refractivity contribution is -0.164. The van der Waals surface area contributed by atoms with Crippen LogP contribution in [0.2, 0.25) is 0 Å². The number of benzene rings is 2. The first-order valence-electron chi connectivity index (χ1n) is 10.8. The number of aliphatic carboxylic acids is 1. The molecule has 0 bridgehead atoms. The molecule has 0 aliphatic heterocycles. The molecule has 1 aliphatic carbocycles. The Morgan fingerprint density at radius 2 is 1.62 bits per heavy atom. The number of nitrogens with one attached hydrogen (secondary N) is 1. The number of hydrogen-bond acceptors (Lipinski definition) is 4. The summed E-state index contributed by atoms with van der Waals surface area (Å²) >= 11 is 0. The lowest BCUT2D eigenvalue weighted by atomic mass is 9.98. The smallest absolute Gasteiger partial charge is 0.409 e. The lowest BCUT2D eigenvalue weighted by Crippen LogP contribution is -2.49. The largest absolute Gasteiger partial charge is 0.480 e. The second kappa shape index (κ2) is 10.6.